The first-order chi connectivity index (χ1) is 12.8. The van der Waals surface area contributed by atoms with Gasteiger partial charge in [0, 0.05) is 11.3 Å². The number of ether oxygens (including phenoxy) is 1. The molecule has 0 spiro atoms. The fourth-order valence-corrected chi connectivity index (χ4v) is 3.31. The molecule has 27 heavy (non-hydrogen) atoms. The van der Waals surface area contributed by atoms with E-state index in [9.17, 15) is 13.2 Å². The van der Waals surface area contributed by atoms with Crippen molar-refractivity contribution in [2.24, 2.45) is 5.14 Å². The molecule has 0 aliphatic heterocycles. The number of amides is 1. The van der Waals surface area contributed by atoms with Crippen molar-refractivity contribution in [2.45, 2.75) is 18.4 Å². The molecule has 0 unspecified atom stereocenters. The number of hydrogen-bond donors (Lipinski definition) is 2. The van der Waals surface area contributed by atoms with Gasteiger partial charge in [-0.25, -0.2) is 13.6 Å². The SMILES string of the molecule is Cc1ccc(NC(=O)c2occc2COc2ccccc2)cc1S(N)(=O)=O. The zero-order chi connectivity index (χ0) is 19.4. The Labute approximate surface area is 156 Å². The van der Waals surface area contributed by atoms with Gasteiger partial charge in [-0.3, -0.25) is 4.79 Å². The number of anilines is 1. The molecule has 3 rings (SSSR count). The summed E-state index contributed by atoms with van der Waals surface area (Å²) < 4.78 is 34.2. The van der Waals surface area contributed by atoms with E-state index >= 15 is 0 Å². The lowest BCUT2D eigenvalue weighted by atomic mass is 10.2. The van der Waals surface area contributed by atoms with E-state index in [1.165, 1.54) is 12.3 Å². The molecule has 7 nitrogen and oxygen atoms in total. The minimum atomic E-state index is -3.89. The molecule has 140 valence electrons. The van der Waals surface area contributed by atoms with Crippen LogP contribution in [-0.4, -0.2) is 14.3 Å². The monoisotopic (exact) mass is 386 g/mol. The van der Waals surface area contributed by atoms with Gasteiger partial charge in [0.05, 0.1) is 11.2 Å². The molecule has 0 bridgehead atoms. The number of nitrogens with one attached hydrogen (secondary N) is 1. The summed E-state index contributed by atoms with van der Waals surface area (Å²) in [6, 6.07) is 15.3. The van der Waals surface area contributed by atoms with Crippen LogP contribution in [0.25, 0.3) is 0 Å². The highest BCUT2D eigenvalue weighted by atomic mass is 32.2. The second kappa shape index (κ2) is 7.65. The van der Waals surface area contributed by atoms with Crippen molar-refractivity contribution in [3.05, 3.63) is 77.7 Å². The first kappa shape index (κ1) is 18.7. The van der Waals surface area contributed by atoms with Gasteiger partial charge in [-0.1, -0.05) is 24.3 Å². The summed E-state index contributed by atoms with van der Waals surface area (Å²) in [6.45, 7) is 1.77. The van der Waals surface area contributed by atoms with E-state index in [0.29, 0.717) is 22.6 Å². The first-order valence-electron chi connectivity index (χ1n) is 8.03. The van der Waals surface area contributed by atoms with E-state index in [0.717, 1.165) is 0 Å². The summed E-state index contributed by atoms with van der Waals surface area (Å²) in [5, 5.41) is 7.81. The lowest BCUT2D eigenvalue weighted by Crippen LogP contribution is -2.16. The summed E-state index contributed by atoms with van der Waals surface area (Å²) in [6.07, 6.45) is 1.39. The van der Waals surface area contributed by atoms with Crippen LogP contribution in [0.1, 0.15) is 21.7 Å². The van der Waals surface area contributed by atoms with Crippen LogP contribution < -0.4 is 15.2 Å². The molecule has 0 radical (unpaired) electrons. The molecule has 1 amide bonds. The van der Waals surface area contributed by atoms with E-state index in [2.05, 4.69) is 5.32 Å². The highest BCUT2D eigenvalue weighted by Gasteiger charge is 2.18. The summed E-state index contributed by atoms with van der Waals surface area (Å²) in [5.41, 5.74) is 1.35. The predicted molar refractivity (Wildman–Crippen MR) is 100.0 cm³/mol. The minimum absolute atomic E-state index is 0.0487. The number of carbonyl (C=O) groups excluding carboxylic acids is 1. The second-order valence-electron chi connectivity index (χ2n) is 5.86. The van der Waals surface area contributed by atoms with Gasteiger partial charge in [0.1, 0.15) is 12.4 Å². The van der Waals surface area contributed by atoms with Gasteiger partial charge in [-0.05, 0) is 42.8 Å². The number of benzene rings is 2. The number of aryl methyl sites for hydroxylation is 1. The van der Waals surface area contributed by atoms with Crippen molar-refractivity contribution in [3.8, 4) is 5.75 Å². The molecule has 0 saturated carbocycles. The highest BCUT2D eigenvalue weighted by molar-refractivity contribution is 7.89. The molecule has 0 saturated heterocycles. The van der Waals surface area contributed by atoms with Crippen LogP contribution in [-0.2, 0) is 16.6 Å². The minimum Gasteiger partial charge on any atom is -0.489 e. The maximum Gasteiger partial charge on any atom is 0.291 e. The van der Waals surface area contributed by atoms with Crippen LogP contribution in [0, 0.1) is 6.92 Å². The summed E-state index contributed by atoms with van der Waals surface area (Å²) in [7, 11) is -3.89. The molecule has 1 aromatic heterocycles. The van der Waals surface area contributed by atoms with Gasteiger partial charge in [0.25, 0.3) is 5.91 Å². The summed E-state index contributed by atoms with van der Waals surface area (Å²) in [4.78, 5) is 12.5. The third-order valence-corrected chi connectivity index (χ3v) is 4.90. The standard InChI is InChI=1S/C19H18N2O5S/c1-13-7-8-15(11-17(13)27(20,23)24)21-19(22)18-14(9-10-25-18)12-26-16-5-3-2-4-6-16/h2-11H,12H2,1H3,(H,21,22)(H2,20,23,24). The number of rotatable bonds is 6. The van der Waals surface area contributed by atoms with Crippen molar-refractivity contribution in [1.82, 2.24) is 0 Å². The van der Waals surface area contributed by atoms with Crippen LogP contribution in [0.5, 0.6) is 5.75 Å². The molecule has 3 aromatic rings. The molecule has 0 fully saturated rings. The van der Waals surface area contributed by atoms with Crippen LogP contribution in [0.15, 0.2) is 70.2 Å². The number of hydrogen-bond acceptors (Lipinski definition) is 5. The second-order valence-corrected chi connectivity index (χ2v) is 7.39. The van der Waals surface area contributed by atoms with Crippen molar-refractivity contribution in [1.29, 1.82) is 0 Å². The number of sulfonamides is 1. The molecule has 3 N–H and O–H groups in total. The van der Waals surface area contributed by atoms with Crippen LogP contribution in [0.2, 0.25) is 0 Å². The fourth-order valence-electron chi connectivity index (χ4n) is 2.50. The Bertz CT molecular complexity index is 1060. The Balaban J connectivity index is 1.75. The van der Waals surface area contributed by atoms with Gasteiger partial charge in [0.15, 0.2) is 5.76 Å². The molecule has 2 aromatic carbocycles. The maximum atomic E-state index is 12.5. The zero-order valence-corrected chi connectivity index (χ0v) is 15.3. The molecule has 0 atom stereocenters. The molecule has 0 aliphatic carbocycles. The van der Waals surface area contributed by atoms with Gasteiger partial charge >= 0.3 is 0 Å². The van der Waals surface area contributed by atoms with E-state index in [1.54, 1.807) is 37.3 Å². The zero-order valence-electron chi connectivity index (χ0n) is 14.5. The van der Waals surface area contributed by atoms with Crippen LogP contribution >= 0.6 is 0 Å². The lowest BCUT2D eigenvalue weighted by molar-refractivity contribution is 0.0993. The van der Waals surface area contributed by atoms with Crippen LogP contribution in [0.3, 0.4) is 0 Å². The summed E-state index contributed by atoms with van der Waals surface area (Å²) >= 11 is 0. The Morgan fingerprint density at radius 1 is 1.15 bits per heavy atom. The molecular weight excluding hydrogens is 368 g/mol. The Morgan fingerprint density at radius 3 is 2.59 bits per heavy atom. The van der Waals surface area contributed by atoms with Gasteiger partial charge in [-0.2, -0.15) is 0 Å². The number of para-hydroxylation sites is 1. The summed E-state index contributed by atoms with van der Waals surface area (Å²) in [5.74, 6) is 0.237. The van der Waals surface area contributed by atoms with Gasteiger partial charge in [0.2, 0.25) is 10.0 Å². The molecule has 1 heterocycles. The normalized spacial score (nSPS) is 11.2. The number of nitrogens with two attached hydrogens (primary N) is 1. The molecular formula is C19H18N2O5S. The molecule has 0 aliphatic rings. The number of furan rings is 1. The third-order valence-electron chi connectivity index (χ3n) is 3.84. The van der Waals surface area contributed by atoms with Crippen molar-refractivity contribution in [3.63, 3.8) is 0 Å². The Kier molecular flexibility index (Phi) is 5.29. The van der Waals surface area contributed by atoms with Crippen LogP contribution in [0.4, 0.5) is 5.69 Å². The van der Waals surface area contributed by atoms with Gasteiger partial charge in [-0.15, -0.1) is 0 Å². The quantitative estimate of drug-likeness (QED) is 0.676. The number of carbonyl (C=O) groups is 1. The van der Waals surface area contributed by atoms with E-state index in [-0.39, 0.29) is 17.3 Å². The van der Waals surface area contributed by atoms with E-state index < -0.39 is 15.9 Å². The van der Waals surface area contributed by atoms with Crippen molar-refractivity contribution < 1.29 is 22.4 Å². The van der Waals surface area contributed by atoms with Crippen molar-refractivity contribution in [2.75, 3.05) is 5.32 Å². The topological polar surface area (TPSA) is 112 Å². The maximum absolute atomic E-state index is 12.5. The number of primary sulfonamides is 1. The first-order valence-corrected chi connectivity index (χ1v) is 9.58. The Morgan fingerprint density at radius 2 is 1.89 bits per heavy atom. The van der Waals surface area contributed by atoms with Crippen molar-refractivity contribution >= 4 is 21.6 Å². The van der Waals surface area contributed by atoms with E-state index in [1.807, 2.05) is 18.2 Å². The fraction of sp³-hybridized carbons (Fsp3) is 0.105. The smallest absolute Gasteiger partial charge is 0.291 e. The molecule has 8 heteroatoms. The lowest BCUT2D eigenvalue weighted by Gasteiger charge is -2.09. The predicted octanol–water partition coefficient (Wildman–Crippen LogP) is 3.07. The highest BCUT2D eigenvalue weighted by Crippen LogP contribution is 2.21. The van der Waals surface area contributed by atoms with Gasteiger partial charge < -0.3 is 14.5 Å². The largest absolute Gasteiger partial charge is 0.489 e. The third kappa shape index (κ3) is 4.55. The average Bonchev–Trinajstić information content (AvgIpc) is 3.10. The average molecular weight is 386 g/mol. The Hall–Kier alpha value is -3.10. The van der Waals surface area contributed by atoms with E-state index in [4.69, 9.17) is 14.3 Å².